The number of hydrogen-bond donors (Lipinski definition) is 1. The first-order chi connectivity index (χ1) is 13.5. The SMILES string of the molecule is Nc1cccn(CC2=Nc3c(ncnc3OCc3ccc(F)cc3F)C2)c1=O. The molecular weight excluding hydrogens is 368 g/mol. The average molecular weight is 383 g/mol. The number of nitrogen functional groups attached to an aromatic ring is 1. The highest BCUT2D eigenvalue weighted by molar-refractivity contribution is 5.94. The monoisotopic (exact) mass is 383 g/mol. The molecule has 2 aromatic heterocycles. The Morgan fingerprint density at radius 2 is 2.07 bits per heavy atom. The van der Waals surface area contributed by atoms with Crippen molar-refractivity contribution >= 4 is 17.1 Å². The lowest BCUT2D eigenvalue weighted by Gasteiger charge is -2.08. The number of halogens is 2. The molecule has 28 heavy (non-hydrogen) atoms. The Balaban J connectivity index is 1.55. The third-order valence-corrected chi connectivity index (χ3v) is 4.29. The van der Waals surface area contributed by atoms with Crippen LogP contribution in [0.1, 0.15) is 11.3 Å². The number of nitrogens with two attached hydrogens (primary N) is 1. The van der Waals surface area contributed by atoms with Crippen LogP contribution in [-0.2, 0) is 19.6 Å². The van der Waals surface area contributed by atoms with Gasteiger partial charge in [-0.25, -0.2) is 18.8 Å². The maximum Gasteiger partial charge on any atom is 0.274 e. The van der Waals surface area contributed by atoms with Crippen molar-refractivity contribution < 1.29 is 13.5 Å². The van der Waals surface area contributed by atoms with Crippen LogP contribution in [-0.4, -0.2) is 20.2 Å². The summed E-state index contributed by atoms with van der Waals surface area (Å²) in [6.45, 7) is 0.126. The molecule has 0 radical (unpaired) electrons. The standard InChI is InChI=1S/C19H15F2N5O2/c20-12-4-3-11(14(21)6-12)9-28-18-17-16(23-10-24-18)7-13(25-17)8-26-5-1-2-15(22)19(26)27/h1-6,10H,7-9,22H2. The van der Waals surface area contributed by atoms with Gasteiger partial charge in [0.15, 0.2) is 0 Å². The van der Waals surface area contributed by atoms with Crippen LogP contribution in [0.25, 0.3) is 0 Å². The van der Waals surface area contributed by atoms with Crippen LogP contribution in [0.4, 0.5) is 20.2 Å². The Labute approximate surface area is 158 Å². The molecule has 0 unspecified atom stereocenters. The summed E-state index contributed by atoms with van der Waals surface area (Å²) >= 11 is 0. The highest BCUT2D eigenvalue weighted by atomic mass is 19.1. The van der Waals surface area contributed by atoms with E-state index < -0.39 is 11.6 Å². The molecule has 0 bridgehead atoms. The fourth-order valence-corrected chi connectivity index (χ4v) is 2.89. The maximum absolute atomic E-state index is 13.8. The molecule has 1 aliphatic heterocycles. The van der Waals surface area contributed by atoms with E-state index in [1.807, 2.05) is 0 Å². The van der Waals surface area contributed by atoms with Gasteiger partial charge in [0.05, 0.1) is 17.9 Å². The summed E-state index contributed by atoms with van der Waals surface area (Å²) in [5.41, 5.74) is 7.49. The average Bonchev–Trinajstić information content (AvgIpc) is 3.08. The lowest BCUT2D eigenvalue weighted by Crippen LogP contribution is -2.25. The minimum absolute atomic E-state index is 0.130. The molecule has 0 spiro atoms. The van der Waals surface area contributed by atoms with Gasteiger partial charge in [0.25, 0.3) is 5.56 Å². The van der Waals surface area contributed by atoms with Gasteiger partial charge in [-0.1, -0.05) is 0 Å². The Morgan fingerprint density at radius 3 is 2.89 bits per heavy atom. The second-order valence-corrected chi connectivity index (χ2v) is 6.25. The predicted molar refractivity (Wildman–Crippen MR) is 98.6 cm³/mol. The lowest BCUT2D eigenvalue weighted by atomic mass is 10.2. The van der Waals surface area contributed by atoms with E-state index in [1.165, 1.54) is 23.0 Å². The van der Waals surface area contributed by atoms with Crippen LogP contribution in [0.2, 0.25) is 0 Å². The van der Waals surface area contributed by atoms with E-state index in [4.69, 9.17) is 10.5 Å². The van der Waals surface area contributed by atoms with Gasteiger partial charge in [0, 0.05) is 30.0 Å². The summed E-state index contributed by atoms with van der Waals surface area (Å²) in [6.07, 6.45) is 3.39. The van der Waals surface area contributed by atoms with E-state index in [1.54, 1.807) is 12.3 Å². The molecule has 0 fully saturated rings. The molecule has 4 rings (SSSR count). The van der Waals surface area contributed by atoms with Gasteiger partial charge in [-0.05, 0) is 24.3 Å². The molecular formula is C19H15F2N5O2. The van der Waals surface area contributed by atoms with Gasteiger partial charge in [-0.15, -0.1) is 0 Å². The van der Waals surface area contributed by atoms with Gasteiger partial charge in [0.1, 0.15) is 30.3 Å². The summed E-state index contributed by atoms with van der Waals surface area (Å²) < 4.78 is 33.8. The second-order valence-electron chi connectivity index (χ2n) is 6.25. The molecule has 9 heteroatoms. The Morgan fingerprint density at radius 1 is 1.21 bits per heavy atom. The largest absolute Gasteiger partial charge is 0.471 e. The van der Waals surface area contributed by atoms with E-state index in [-0.39, 0.29) is 35.8 Å². The number of pyridine rings is 1. The molecule has 3 heterocycles. The van der Waals surface area contributed by atoms with E-state index >= 15 is 0 Å². The zero-order valence-electron chi connectivity index (χ0n) is 14.6. The van der Waals surface area contributed by atoms with Crippen LogP contribution in [0.5, 0.6) is 5.88 Å². The summed E-state index contributed by atoms with van der Waals surface area (Å²) in [7, 11) is 0. The highest BCUT2D eigenvalue weighted by Crippen LogP contribution is 2.33. The molecule has 0 saturated heterocycles. The van der Waals surface area contributed by atoms with Gasteiger partial charge in [-0.3, -0.25) is 4.79 Å². The first-order valence-electron chi connectivity index (χ1n) is 8.43. The Hall–Kier alpha value is -3.62. The third kappa shape index (κ3) is 3.46. The molecule has 0 atom stereocenters. The maximum atomic E-state index is 13.8. The van der Waals surface area contributed by atoms with Crippen molar-refractivity contribution in [3.8, 4) is 5.88 Å². The van der Waals surface area contributed by atoms with Gasteiger partial charge in [0.2, 0.25) is 5.88 Å². The fourth-order valence-electron chi connectivity index (χ4n) is 2.89. The normalized spacial score (nSPS) is 12.6. The number of rotatable bonds is 5. The van der Waals surface area contributed by atoms with Gasteiger partial charge < -0.3 is 15.0 Å². The van der Waals surface area contributed by atoms with E-state index in [0.29, 0.717) is 23.5 Å². The fraction of sp³-hybridized carbons (Fsp3) is 0.158. The van der Waals surface area contributed by atoms with Crippen molar-refractivity contribution in [3.05, 3.63) is 76.1 Å². The van der Waals surface area contributed by atoms with Crippen LogP contribution >= 0.6 is 0 Å². The summed E-state index contributed by atoms with van der Waals surface area (Å²) in [5.74, 6) is -1.16. The molecule has 0 aliphatic carbocycles. The topological polar surface area (TPSA) is 95.4 Å². The van der Waals surface area contributed by atoms with Gasteiger partial charge in [-0.2, -0.15) is 4.98 Å². The van der Waals surface area contributed by atoms with Crippen molar-refractivity contribution in [2.75, 3.05) is 5.73 Å². The molecule has 2 N–H and O–H groups in total. The highest BCUT2D eigenvalue weighted by Gasteiger charge is 2.22. The van der Waals surface area contributed by atoms with Crippen LogP contribution in [0.15, 0.2) is 52.6 Å². The van der Waals surface area contributed by atoms with E-state index in [0.717, 1.165) is 12.1 Å². The molecule has 1 aliphatic rings. The van der Waals surface area contributed by atoms with Crippen molar-refractivity contribution in [2.45, 2.75) is 19.6 Å². The number of aliphatic imine (C=N–C) groups is 1. The number of nitrogens with zero attached hydrogens (tertiary/aromatic N) is 4. The molecule has 0 saturated carbocycles. The number of hydrogen-bond acceptors (Lipinski definition) is 6. The molecule has 1 aromatic carbocycles. The molecule has 142 valence electrons. The lowest BCUT2D eigenvalue weighted by molar-refractivity contribution is 0.288. The minimum atomic E-state index is -0.698. The predicted octanol–water partition coefficient (Wildman–Crippen LogP) is 2.41. The number of anilines is 1. The minimum Gasteiger partial charge on any atom is -0.471 e. The summed E-state index contributed by atoms with van der Waals surface area (Å²) in [5, 5.41) is 0. The summed E-state index contributed by atoms with van der Waals surface area (Å²) in [6, 6.07) is 6.49. The Kier molecular flexibility index (Phi) is 4.56. The van der Waals surface area contributed by atoms with Crippen molar-refractivity contribution in [2.24, 2.45) is 4.99 Å². The zero-order valence-corrected chi connectivity index (χ0v) is 14.6. The summed E-state index contributed by atoms with van der Waals surface area (Å²) in [4.78, 5) is 24.8. The first-order valence-corrected chi connectivity index (χ1v) is 8.43. The smallest absolute Gasteiger partial charge is 0.274 e. The van der Waals surface area contributed by atoms with Crippen LogP contribution in [0, 0.1) is 11.6 Å². The van der Waals surface area contributed by atoms with Crippen LogP contribution in [0.3, 0.4) is 0 Å². The van der Waals surface area contributed by atoms with E-state index in [2.05, 4.69) is 15.0 Å². The molecule has 3 aromatic rings. The second kappa shape index (κ2) is 7.18. The van der Waals surface area contributed by atoms with Gasteiger partial charge >= 0.3 is 0 Å². The molecule has 0 amide bonds. The van der Waals surface area contributed by atoms with Crippen molar-refractivity contribution in [1.82, 2.24) is 14.5 Å². The Bertz CT molecular complexity index is 1140. The van der Waals surface area contributed by atoms with Crippen molar-refractivity contribution in [3.63, 3.8) is 0 Å². The number of aromatic nitrogens is 3. The number of benzene rings is 1. The van der Waals surface area contributed by atoms with E-state index in [9.17, 15) is 13.6 Å². The van der Waals surface area contributed by atoms with Crippen molar-refractivity contribution in [1.29, 1.82) is 0 Å². The number of fused-ring (bicyclic) bond motifs is 1. The first kappa shape index (κ1) is 17.8. The quantitative estimate of drug-likeness (QED) is 0.730. The molecule has 7 nitrogen and oxygen atoms in total. The number of ether oxygens (including phenoxy) is 1. The third-order valence-electron chi connectivity index (χ3n) is 4.29. The zero-order chi connectivity index (χ0) is 19.7. The van der Waals surface area contributed by atoms with Crippen LogP contribution < -0.4 is 16.0 Å².